The highest BCUT2D eigenvalue weighted by Gasteiger charge is 2.25. The van der Waals surface area contributed by atoms with Crippen molar-refractivity contribution >= 4 is 60.7 Å². The number of anilines is 3. The molecule has 0 aliphatic carbocycles. The van der Waals surface area contributed by atoms with Gasteiger partial charge in [-0.3, -0.25) is 4.57 Å². The monoisotopic (exact) mass is 661 g/mol. The van der Waals surface area contributed by atoms with Crippen LogP contribution in [0.15, 0.2) is 146 Å². The second-order valence-corrected chi connectivity index (χ2v) is 13.6. The van der Waals surface area contributed by atoms with E-state index in [2.05, 4.69) is 173 Å². The summed E-state index contributed by atoms with van der Waals surface area (Å²) in [6, 6.07) is 49.4. The van der Waals surface area contributed by atoms with Gasteiger partial charge in [0.2, 0.25) is 0 Å². The van der Waals surface area contributed by atoms with E-state index in [9.17, 15) is 0 Å². The van der Waals surface area contributed by atoms with Crippen LogP contribution in [-0.4, -0.2) is 27.8 Å². The molecule has 6 heteroatoms. The summed E-state index contributed by atoms with van der Waals surface area (Å²) in [4.78, 5) is 9.70. The van der Waals surface area contributed by atoms with Crippen molar-refractivity contribution < 1.29 is 4.74 Å². The summed E-state index contributed by atoms with van der Waals surface area (Å²) in [5.41, 5.74) is 11.7. The van der Waals surface area contributed by atoms with Gasteiger partial charge in [-0.2, -0.15) is 0 Å². The van der Waals surface area contributed by atoms with Gasteiger partial charge in [-0.1, -0.05) is 72.3 Å². The summed E-state index contributed by atoms with van der Waals surface area (Å²) in [6.07, 6.45) is 2.02. The molecule has 10 rings (SSSR count). The third-order valence-corrected chi connectivity index (χ3v) is 10.4. The van der Waals surface area contributed by atoms with E-state index in [1.165, 1.54) is 44.4 Å². The van der Waals surface area contributed by atoms with Crippen molar-refractivity contribution in [1.82, 2.24) is 14.1 Å². The Balaban J connectivity index is 1.04. The lowest BCUT2D eigenvalue weighted by molar-refractivity contribution is 0.483. The largest absolute Gasteiger partial charge is 0.457 e. The minimum absolute atomic E-state index is 0.761. The van der Waals surface area contributed by atoms with E-state index >= 15 is 0 Å². The Labute approximate surface area is 296 Å². The van der Waals surface area contributed by atoms with Gasteiger partial charge in [-0.15, -0.1) is 0 Å². The van der Waals surface area contributed by atoms with Crippen LogP contribution in [0.2, 0.25) is 0 Å². The molecule has 51 heavy (non-hydrogen) atoms. The quantitative estimate of drug-likeness (QED) is 0.184. The first-order valence-corrected chi connectivity index (χ1v) is 17.3. The van der Waals surface area contributed by atoms with Crippen molar-refractivity contribution in [2.45, 2.75) is 6.92 Å². The SMILES string of the molecule is Cc1ccc2c(c1)c1cnc(-n3c4ccccc4c4ccc(Oc5cccc(N6CN(C)c7ccc(-c8ccccc8)cc76)c5)cc43)cc1n2C. The first kappa shape index (κ1) is 29.4. The molecule has 1 aliphatic heterocycles. The minimum Gasteiger partial charge on any atom is -0.457 e. The second-order valence-electron chi connectivity index (χ2n) is 13.6. The van der Waals surface area contributed by atoms with Crippen LogP contribution in [0.5, 0.6) is 11.5 Å². The van der Waals surface area contributed by atoms with Crippen molar-refractivity contribution in [3.63, 3.8) is 0 Å². The van der Waals surface area contributed by atoms with Gasteiger partial charge in [0.1, 0.15) is 17.3 Å². The van der Waals surface area contributed by atoms with Gasteiger partial charge in [-0.25, -0.2) is 4.98 Å². The maximum atomic E-state index is 6.64. The van der Waals surface area contributed by atoms with Crippen LogP contribution in [0.3, 0.4) is 0 Å². The number of benzene rings is 6. The van der Waals surface area contributed by atoms with E-state index in [1.807, 2.05) is 12.3 Å². The van der Waals surface area contributed by atoms with E-state index < -0.39 is 0 Å². The number of rotatable bonds is 5. The summed E-state index contributed by atoms with van der Waals surface area (Å²) in [6.45, 7) is 2.90. The number of nitrogens with zero attached hydrogens (tertiary/aromatic N) is 5. The molecule has 0 N–H and O–H groups in total. The highest BCUT2D eigenvalue weighted by Crippen LogP contribution is 2.43. The Bertz CT molecular complexity index is 2810. The molecule has 0 bridgehead atoms. The maximum absolute atomic E-state index is 6.64. The average molecular weight is 662 g/mol. The molecule has 4 heterocycles. The molecule has 6 nitrogen and oxygen atoms in total. The zero-order valence-electron chi connectivity index (χ0n) is 28.7. The molecule has 0 radical (unpaired) electrons. The predicted molar refractivity (Wildman–Crippen MR) is 211 cm³/mol. The number of ether oxygens (including phenoxy) is 1. The molecule has 1 aliphatic rings. The zero-order valence-corrected chi connectivity index (χ0v) is 28.7. The topological polar surface area (TPSA) is 38.5 Å². The Hall–Kier alpha value is -6.53. The molecule has 9 aromatic rings. The number of pyridine rings is 1. The van der Waals surface area contributed by atoms with Crippen molar-refractivity contribution in [1.29, 1.82) is 0 Å². The van der Waals surface area contributed by atoms with Crippen molar-refractivity contribution in [2.75, 3.05) is 23.5 Å². The number of para-hydroxylation sites is 1. The lowest BCUT2D eigenvalue weighted by Gasteiger charge is -2.20. The third kappa shape index (κ3) is 4.67. The predicted octanol–water partition coefficient (Wildman–Crippen LogP) is 11.1. The number of fused-ring (bicyclic) bond motifs is 7. The van der Waals surface area contributed by atoms with Crippen LogP contribution in [0.4, 0.5) is 17.1 Å². The van der Waals surface area contributed by atoms with Gasteiger partial charge in [0.15, 0.2) is 0 Å². The van der Waals surface area contributed by atoms with Crippen LogP contribution in [0, 0.1) is 6.92 Å². The van der Waals surface area contributed by atoms with E-state index in [4.69, 9.17) is 9.72 Å². The van der Waals surface area contributed by atoms with Crippen molar-refractivity contribution in [3.8, 4) is 28.4 Å². The fraction of sp³-hybridized carbons (Fsp3) is 0.0889. The van der Waals surface area contributed by atoms with Crippen molar-refractivity contribution in [2.24, 2.45) is 7.05 Å². The van der Waals surface area contributed by atoms with Gasteiger partial charge >= 0.3 is 0 Å². The molecule has 0 fully saturated rings. The van der Waals surface area contributed by atoms with Gasteiger partial charge in [0.25, 0.3) is 0 Å². The van der Waals surface area contributed by atoms with Crippen LogP contribution in [0.25, 0.3) is 60.6 Å². The van der Waals surface area contributed by atoms with Crippen LogP contribution in [-0.2, 0) is 7.05 Å². The molecule has 0 saturated carbocycles. The highest BCUT2D eigenvalue weighted by molar-refractivity contribution is 6.11. The lowest BCUT2D eigenvalue weighted by Crippen LogP contribution is -2.23. The summed E-state index contributed by atoms with van der Waals surface area (Å²) in [7, 11) is 4.28. The number of aromatic nitrogens is 3. The molecular formula is C45H35N5O. The highest BCUT2D eigenvalue weighted by atomic mass is 16.5. The van der Waals surface area contributed by atoms with Crippen LogP contribution < -0.4 is 14.5 Å². The van der Waals surface area contributed by atoms with Crippen LogP contribution in [0.1, 0.15) is 5.56 Å². The molecule has 0 atom stereocenters. The zero-order chi connectivity index (χ0) is 34.2. The molecule has 0 saturated heterocycles. The Kier molecular flexibility index (Phi) is 6.49. The standard InChI is InChI=1S/C45H35N5O/c1-29-16-20-39-37(22-29)38-27-46-45(26-42(38)48(39)3)50-40-15-8-7-14-35(40)36-19-18-34(25-43(36)50)51-33-13-9-12-32(24-33)49-28-47(2)41-21-17-31(23-44(41)49)30-10-5-4-6-11-30/h4-27H,28H2,1-3H3. The first-order chi connectivity index (χ1) is 25.0. The Morgan fingerprint density at radius 3 is 2.27 bits per heavy atom. The molecule has 0 spiro atoms. The summed E-state index contributed by atoms with van der Waals surface area (Å²) in [5.74, 6) is 2.44. The van der Waals surface area contributed by atoms with Gasteiger partial charge in [0.05, 0.1) is 34.6 Å². The fourth-order valence-electron chi connectivity index (χ4n) is 7.90. The third-order valence-electron chi connectivity index (χ3n) is 10.4. The molecule has 6 aromatic carbocycles. The second kappa shape index (κ2) is 11.3. The summed E-state index contributed by atoms with van der Waals surface area (Å²) < 4.78 is 11.2. The van der Waals surface area contributed by atoms with Crippen LogP contribution >= 0.6 is 0 Å². The molecule has 3 aromatic heterocycles. The van der Waals surface area contributed by atoms with Gasteiger partial charge in [-0.05, 0) is 72.6 Å². The molecule has 246 valence electrons. The molecular weight excluding hydrogens is 627 g/mol. The smallest absolute Gasteiger partial charge is 0.139 e. The number of hydrogen-bond acceptors (Lipinski definition) is 4. The van der Waals surface area contributed by atoms with Gasteiger partial charge < -0.3 is 19.1 Å². The minimum atomic E-state index is 0.761. The van der Waals surface area contributed by atoms with Gasteiger partial charge in [0, 0.05) is 71.2 Å². The fourth-order valence-corrected chi connectivity index (χ4v) is 7.90. The van der Waals surface area contributed by atoms with Crippen molar-refractivity contribution in [3.05, 3.63) is 151 Å². The van der Waals surface area contributed by atoms with E-state index in [0.717, 1.165) is 57.0 Å². The number of aryl methyl sites for hydroxylation is 2. The normalized spacial score (nSPS) is 12.8. The molecule has 0 unspecified atom stereocenters. The lowest BCUT2D eigenvalue weighted by atomic mass is 10.0. The summed E-state index contributed by atoms with van der Waals surface area (Å²) in [5, 5.41) is 4.73. The maximum Gasteiger partial charge on any atom is 0.139 e. The van der Waals surface area contributed by atoms with E-state index in [1.54, 1.807) is 0 Å². The Morgan fingerprint density at radius 2 is 1.37 bits per heavy atom. The summed E-state index contributed by atoms with van der Waals surface area (Å²) >= 11 is 0. The molecule has 0 amide bonds. The Morgan fingerprint density at radius 1 is 0.549 bits per heavy atom. The average Bonchev–Trinajstić information content (AvgIpc) is 3.77. The van der Waals surface area contributed by atoms with E-state index in [-0.39, 0.29) is 0 Å². The van der Waals surface area contributed by atoms with E-state index in [0.29, 0.717) is 0 Å². The number of hydrogen-bond donors (Lipinski definition) is 0. The first-order valence-electron chi connectivity index (χ1n) is 17.3.